The number of nitrogens with one attached hydrogen (secondary N) is 1. The molecule has 0 unspecified atom stereocenters. The van der Waals surface area contributed by atoms with E-state index in [0.717, 1.165) is 0 Å². The fourth-order valence-corrected chi connectivity index (χ4v) is 2.43. The van der Waals surface area contributed by atoms with Crippen molar-refractivity contribution in [2.24, 2.45) is 5.41 Å². The van der Waals surface area contributed by atoms with Gasteiger partial charge in [-0.1, -0.05) is 17.7 Å². The van der Waals surface area contributed by atoms with Crippen LogP contribution in [0.5, 0.6) is 0 Å². The van der Waals surface area contributed by atoms with Gasteiger partial charge < -0.3 is 15.3 Å². The number of amides is 2. The lowest BCUT2D eigenvalue weighted by molar-refractivity contribution is -0.150. The monoisotopic (exact) mass is 314 g/mol. The second-order valence-corrected chi connectivity index (χ2v) is 5.79. The van der Waals surface area contributed by atoms with Gasteiger partial charge in [-0.05, 0) is 31.9 Å². The number of benzene rings is 1. The van der Waals surface area contributed by atoms with Gasteiger partial charge in [0.05, 0.1) is 16.1 Å². The summed E-state index contributed by atoms with van der Waals surface area (Å²) >= 11 is 5.85. The SMILES string of the molecule is CC1(C(=O)O)CCN(C(=O)Nc2c(F)cccc2Cl)CC1. The number of hydrogen-bond donors (Lipinski definition) is 2. The lowest BCUT2D eigenvalue weighted by Gasteiger charge is -2.36. The third kappa shape index (κ3) is 3.26. The van der Waals surface area contributed by atoms with Crippen LogP contribution in [0.3, 0.4) is 0 Å². The highest BCUT2D eigenvalue weighted by molar-refractivity contribution is 6.33. The summed E-state index contributed by atoms with van der Waals surface area (Å²) in [6, 6.07) is 3.67. The van der Waals surface area contributed by atoms with E-state index in [0.29, 0.717) is 25.9 Å². The summed E-state index contributed by atoms with van der Waals surface area (Å²) in [5.74, 6) is -1.47. The zero-order chi connectivity index (χ0) is 15.6. The van der Waals surface area contributed by atoms with Crippen LogP contribution in [0.15, 0.2) is 18.2 Å². The second-order valence-electron chi connectivity index (χ2n) is 5.38. The Kier molecular flexibility index (Phi) is 4.37. The average molecular weight is 315 g/mol. The van der Waals surface area contributed by atoms with Crippen molar-refractivity contribution in [3.05, 3.63) is 29.0 Å². The molecule has 7 heteroatoms. The molecule has 1 heterocycles. The predicted molar refractivity (Wildman–Crippen MR) is 77.0 cm³/mol. The van der Waals surface area contributed by atoms with Crippen LogP contribution in [-0.4, -0.2) is 35.1 Å². The molecule has 1 fully saturated rings. The molecule has 2 amide bonds. The first kappa shape index (κ1) is 15.6. The molecule has 114 valence electrons. The number of likely N-dealkylation sites (tertiary alicyclic amines) is 1. The summed E-state index contributed by atoms with van der Waals surface area (Å²) in [5.41, 5.74) is -0.873. The molecule has 0 bridgehead atoms. The summed E-state index contributed by atoms with van der Waals surface area (Å²) in [4.78, 5) is 24.7. The minimum absolute atomic E-state index is 0.0595. The number of urea groups is 1. The maximum atomic E-state index is 13.6. The normalized spacial score (nSPS) is 17.4. The molecule has 1 saturated heterocycles. The number of carboxylic acids is 1. The summed E-state index contributed by atoms with van der Waals surface area (Å²) < 4.78 is 13.6. The summed E-state index contributed by atoms with van der Waals surface area (Å²) in [6.07, 6.45) is 0.724. The molecule has 0 aliphatic carbocycles. The molecule has 2 N–H and O–H groups in total. The van der Waals surface area contributed by atoms with Crippen molar-refractivity contribution < 1.29 is 19.1 Å². The Morgan fingerprint density at radius 1 is 1.38 bits per heavy atom. The van der Waals surface area contributed by atoms with Crippen LogP contribution in [0.2, 0.25) is 5.02 Å². The van der Waals surface area contributed by atoms with Crippen LogP contribution in [0.4, 0.5) is 14.9 Å². The van der Waals surface area contributed by atoms with E-state index < -0.39 is 23.2 Å². The minimum atomic E-state index is -0.861. The second kappa shape index (κ2) is 5.89. The standard InChI is InChI=1S/C14H16ClFN2O3/c1-14(12(19)20)5-7-18(8-6-14)13(21)17-11-9(15)3-2-4-10(11)16/h2-4H,5-8H2,1H3,(H,17,21)(H,19,20). The molecule has 1 aliphatic rings. The van der Waals surface area contributed by atoms with Gasteiger partial charge in [-0.3, -0.25) is 4.79 Å². The number of nitrogens with zero attached hydrogens (tertiary/aromatic N) is 1. The number of para-hydroxylation sites is 1. The molecule has 0 spiro atoms. The van der Waals surface area contributed by atoms with E-state index in [1.165, 1.54) is 23.1 Å². The molecule has 0 aromatic heterocycles. The van der Waals surface area contributed by atoms with Crippen LogP contribution in [-0.2, 0) is 4.79 Å². The van der Waals surface area contributed by atoms with E-state index in [2.05, 4.69) is 5.32 Å². The van der Waals surface area contributed by atoms with Gasteiger partial charge in [0.25, 0.3) is 0 Å². The predicted octanol–water partition coefficient (Wildman–Crippen LogP) is 3.20. The van der Waals surface area contributed by atoms with E-state index in [-0.39, 0.29) is 10.7 Å². The first-order valence-electron chi connectivity index (χ1n) is 6.57. The van der Waals surface area contributed by atoms with E-state index in [4.69, 9.17) is 16.7 Å². The van der Waals surface area contributed by atoms with Crippen molar-refractivity contribution in [1.29, 1.82) is 0 Å². The molecule has 0 atom stereocenters. The number of rotatable bonds is 2. The molecule has 2 rings (SSSR count). The van der Waals surface area contributed by atoms with Gasteiger partial charge in [0.1, 0.15) is 5.82 Å². The van der Waals surface area contributed by atoms with E-state index in [9.17, 15) is 14.0 Å². The number of carbonyl (C=O) groups is 2. The molecular weight excluding hydrogens is 299 g/mol. The van der Waals surface area contributed by atoms with Gasteiger partial charge in [-0.2, -0.15) is 0 Å². The fraction of sp³-hybridized carbons (Fsp3) is 0.429. The highest BCUT2D eigenvalue weighted by Crippen LogP contribution is 2.32. The molecule has 5 nitrogen and oxygen atoms in total. The van der Waals surface area contributed by atoms with Gasteiger partial charge in [0, 0.05) is 13.1 Å². The Labute approximate surface area is 126 Å². The van der Waals surface area contributed by atoms with Crippen LogP contribution < -0.4 is 5.32 Å². The van der Waals surface area contributed by atoms with Crippen molar-refractivity contribution >= 4 is 29.3 Å². The molecular formula is C14H16ClFN2O3. The lowest BCUT2D eigenvalue weighted by Crippen LogP contribution is -2.46. The fourth-order valence-electron chi connectivity index (χ4n) is 2.22. The van der Waals surface area contributed by atoms with Gasteiger partial charge >= 0.3 is 12.0 Å². The largest absolute Gasteiger partial charge is 0.481 e. The third-order valence-corrected chi connectivity index (χ3v) is 4.18. The maximum absolute atomic E-state index is 13.6. The van der Waals surface area contributed by atoms with Crippen LogP contribution in [0.1, 0.15) is 19.8 Å². The van der Waals surface area contributed by atoms with Crippen LogP contribution >= 0.6 is 11.6 Å². The van der Waals surface area contributed by atoms with Crippen molar-refractivity contribution in [1.82, 2.24) is 4.90 Å². The number of aliphatic carboxylic acids is 1. The Bertz CT molecular complexity index is 551. The zero-order valence-electron chi connectivity index (χ0n) is 11.5. The summed E-state index contributed by atoms with van der Waals surface area (Å²) in [5, 5.41) is 11.7. The number of carbonyl (C=O) groups excluding carboxylic acids is 1. The van der Waals surface area contributed by atoms with Crippen LogP contribution in [0.25, 0.3) is 0 Å². The maximum Gasteiger partial charge on any atom is 0.321 e. The summed E-state index contributed by atoms with van der Waals surface area (Å²) in [6.45, 7) is 2.28. The van der Waals surface area contributed by atoms with Gasteiger partial charge in [0.2, 0.25) is 0 Å². The van der Waals surface area contributed by atoms with Gasteiger partial charge in [0.15, 0.2) is 0 Å². The van der Waals surface area contributed by atoms with Gasteiger partial charge in [-0.15, -0.1) is 0 Å². The Morgan fingerprint density at radius 2 is 2.00 bits per heavy atom. The topological polar surface area (TPSA) is 69.6 Å². The summed E-state index contributed by atoms with van der Waals surface area (Å²) in [7, 11) is 0. The zero-order valence-corrected chi connectivity index (χ0v) is 12.3. The first-order chi connectivity index (χ1) is 9.83. The van der Waals surface area contributed by atoms with Gasteiger partial charge in [-0.25, -0.2) is 9.18 Å². The minimum Gasteiger partial charge on any atom is -0.481 e. The number of carboxylic acid groups (broad SMARTS) is 1. The average Bonchev–Trinajstić information content (AvgIpc) is 2.43. The number of anilines is 1. The molecule has 1 aromatic carbocycles. The molecule has 1 aromatic rings. The van der Waals surface area contributed by atoms with Crippen molar-refractivity contribution in [3.63, 3.8) is 0 Å². The Balaban J connectivity index is 2.02. The quantitative estimate of drug-likeness (QED) is 0.880. The van der Waals surface area contributed by atoms with Crippen LogP contribution in [0, 0.1) is 11.2 Å². The van der Waals surface area contributed by atoms with E-state index >= 15 is 0 Å². The van der Waals surface area contributed by atoms with E-state index in [1.807, 2.05) is 0 Å². The van der Waals surface area contributed by atoms with Crippen molar-refractivity contribution in [3.8, 4) is 0 Å². The smallest absolute Gasteiger partial charge is 0.321 e. The highest BCUT2D eigenvalue weighted by atomic mass is 35.5. The Morgan fingerprint density at radius 3 is 2.52 bits per heavy atom. The molecule has 21 heavy (non-hydrogen) atoms. The Hall–Kier alpha value is -1.82. The van der Waals surface area contributed by atoms with Crippen molar-refractivity contribution in [2.45, 2.75) is 19.8 Å². The highest BCUT2D eigenvalue weighted by Gasteiger charge is 2.38. The molecule has 0 saturated carbocycles. The molecule has 1 aliphatic heterocycles. The molecule has 0 radical (unpaired) electrons. The van der Waals surface area contributed by atoms with Crippen molar-refractivity contribution in [2.75, 3.05) is 18.4 Å². The number of hydrogen-bond acceptors (Lipinski definition) is 2. The van der Waals surface area contributed by atoms with E-state index in [1.54, 1.807) is 6.92 Å². The third-order valence-electron chi connectivity index (χ3n) is 3.87. The number of piperidine rings is 1. The first-order valence-corrected chi connectivity index (χ1v) is 6.94. The lowest BCUT2D eigenvalue weighted by atomic mass is 9.80. The number of halogens is 2.